The number of anilines is 1. The van der Waals surface area contributed by atoms with Crippen LogP contribution < -0.4 is 5.32 Å². The highest BCUT2D eigenvalue weighted by molar-refractivity contribution is 8.00. The predicted octanol–water partition coefficient (Wildman–Crippen LogP) is 3.49. The largest absolute Gasteiger partial charge is 0.339 e. The topological polar surface area (TPSA) is 52.7 Å². The molecule has 29 heavy (non-hydrogen) atoms. The molecule has 0 bridgehead atoms. The number of hydrogen-bond donors (Lipinski definition) is 1. The number of carbonyl (C=O) groups is 2. The molecule has 1 aliphatic rings. The maximum atomic E-state index is 12.5. The van der Waals surface area contributed by atoms with Crippen molar-refractivity contribution >= 4 is 29.3 Å². The second-order valence-corrected chi connectivity index (χ2v) is 8.52. The van der Waals surface area contributed by atoms with Gasteiger partial charge in [0.1, 0.15) is 0 Å². The first-order valence-corrected chi connectivity index (χ1v) is 11.0. The van der Waals surface area contributed by atoms with Gasteiger partial charge in [-0.25, -0.2) is 0 Å². The molecule has 1 fully saturated rings. The summed E-state index contributed by atoms with van der Waals surface area (Å²) >= 11 is 1.60. The van der Waals surface area contributed by atoms with Crippen molar-refractivity contribution in [3.8, 4) is 0 Å². The lowest BCUT2D eigenvalue weighted by Gasteiger charge is -2.34. The quantitative estimate of drug-likeness (QED) is 0.740. The zero-order chi connectivity index (χ0) is 20.8. The van der Waals surface area contributed by atoms with Crippen molar-refractivity contribution in [2.75, 3.05) is 43.8 Å². The molecule has 0 spiro atoms. The summed E-state index contributed by atoms with van der Waals surface area (Å²) < 4.78 is 0. The van der Waals surface area contributed by atoms with E-state index in [-0.39, 0.29) is 11.8 Å². The molecule has 0 saturated carbocycles. The summed E-state index contributed by atoms with van der Waals surface area (Å²) in [6.45, 7) is 9.26. The number of carbonyl (C=O) groups excluding carboxylic acids is 2. The lowest BCUT2D eigenvalue weighted by molar-refractivity contribution is -0.130. The third-order valence-corrected chi connectivity index (χ3v) is 6.58. The van der Waals surface area contributed by atoms with Crippen molar-refractivity contribution in [1.29, 1.82) is 0 Å². The highest BCUT2D eigenvalue weighted by Crippen LogP contribution is 2.22. The molecule has 1 saturated heterocycles. The zero-order valence-electron chi connectivity index (χ0n) is 17.4. The normalized spacial score (nSPS) is 14.7. The second kappa shape index (κ2) is 9.94. The molecule has 1 aliphatic heterocycles. The van der Waals surface area contributed by atoms with Crippen LogP contribution >= 0.6 is 11.8 Å². The molecule has 3 rings (SSSR count). The van der Waals surface area contributed by atoms with Crippen LogP contribution in [0.15, 0.2) is 47.4 Å². The molecule has 154 valence electrons. The third kappa shape index (κ3) is 5.84. The molecule has 2 aromatic carbocycles. The molecule has 0 atom stereocenters. The molecule has 0 radical (unpaired) electrons. The van der Waals surface area contributed by atoms with Crippen LogP contribution in [0.4, 0.5) is 5.69 Å². The summed E-state index contributed by atoms with van der Waals surface area (Å²) in [5.74, 6) is 0.615. The second-order valence-electron chi connectivity index (χ2n) is 7.51. The van der Waals surface area contributed by atoms with Gasteiger partial charge in [0.25, 0.3) is 0 Å². The number of nitrogens with zero attached hydrogens (tertiary/aromatic N) is 2. The van der Waals surface area contributed by atoms with E-state index in [1.807, 2.05) is 49.1 Å². The summed E-state index contributed by atoms with van der Waals surface area (Å²) in [5, 5.41) is 3.01. The number of benzene rings is 2. The monoisotopic (exact) mass is 411 g/mol. The van der Waals surface area contributed by atoms with E-state index in [1.54, 1.807) is 11.8 Å². The molecule has 2 aromatic rings. The summed E-state index contributed by atoms with van der Waals surface area (Å²) in [6, 6.07) is 14.1. The van der Waals surface area contributed by atoms with E-state index in [1.165, 1.54) is 11.1 Å². The first-order chi connectivity index (χ1) is 13.9. The fraction of sp³-hybridized carbons (Fsp3) is 0.391. The van der Waals surface area contributed by atoms with Crippen LogP contribution in [0.5, 0.6) is 0 Å². The lowest BCUT2D eigenvalue weighted by atomic mass is 10.1. The molecular formula is C23H29N3O2S. The minimum Gasteiger partial charge on any atom is -0.339 e. The highest BCUT2D eigenvalue weighted by Gasteiger charge is 2.22. The van der Waals surface area contributed by atoms with Gasteiger partial charge in [0, 0.05) is 36.8 Å². The fourth-order valence-electron chi connectivity index (χ4n) is 3.38. The fourth-order valence-corrected chi connectivity index (χ4v) is 4.32. The number of nitrogens with one attached hydrogen (secondary N) is 1. The average Bonchev–Trinajstić information content (AvgIpc) is 2.71. The van der Waals surface area contributed by atoms with Crippen molar-refractivity contribution < 1.29 is 9.59 Å². The van der Waals surface area contributed by atoms with Gasteiger partial charge in [-0.15, -0.1) is 11.8 Å². The number of hydrogen-bond acceptors (Lipinski definition) is 4. The van der Waals surface area contributed by atoms with Gasteiger partial charge in [-0.3, -0.25) is 14.5 Å². The van der Waals surface area contributed by atoms with Crippen LogP contribution in [-0.4, -0.2) is 60.1 Å². The Balaban J connectivity index is 1.43. The van der Waals surface area contributed by atoms with Crippen molar-refractivity contribution in [3.05, 3.63) is 59.2 Å². The first-order valence-electron chi connectivity index (χ1n) is 9.98. The molecular weight excluding hydrogens is 382 g/mol. The minimum atomic E-state index is -0.00594. The van der Waals surface area contributed by atoms with Crippen molar-refractivity contribution in [2.45, 2.75) is 25.7 Å². The molecule has 0 aliphatic carbocycles. The number of amides is 2. The Morgan fingerprint density at radius 3 is 2.34 bits per heavy atom. The maximum absolute atomic E-state index is 12.5. The summed E-state index contributed by atoms with van der Waals surface area (Å²) in [4.78, 5) is 30.1. The van der Waals surface area contributed by atoms with Gasteiger partial charge >= 0.3 is 0 Å². The van der Waals surface area contributed by atoms with Crippen LogP contribution in [0.1, 0.15) is 16.7 Å². The Bertz CT molecular complexity index is 876. The van der Waals surface area contributed by atoms with Crippen LogP contribution in [0.2, 0.25) is 0 Å². The summed E-state index contributed by atoms with van der Waals surface area (Å²) in [6.07, 6.45) is 0. The smallest absolute Gasteiger partial charge is 0.238 e. The SMILES string of the molecule is Cc1ccccc1SCC(=O)N1CCN(CC(=O)Nc2cccc(C)c2C)CC1. The van der Waals surface area contributed by atoms with Crippen LogP contribution in [0.25, 0.3) is 0 Å². The van der Waals surface area contributed by atoms with Gasteiger partial charge in [-0.05, 0) is 49.6 Å². The summed E-state index contributed by atoms with van der Waals surface area (Å²) in [7, 11) is 0. The van der Waals surface area contributed by atoms with Crippen LogP contribution in [0.3, 0.4) is 0 Å². The Morgan fingerprint density at radius 2 is 1.62 bits per heavy atom. The van der Waals surface area contributed by atoms with Crippen LogP contribution in [0, 0.1) is 20.8 Å². The standard InChI is InChI=1S/C23H29N3O2S/c1-17-8-6-9-20(19(17)3)24-22(27)15-25-11-13-26(14-12-25)23(28)16-29-21-10-5-4-7-18(21)2/h4-10H,11-16H2,1-3H3,(H,24,27). The molecule has 1 N–H and O–H groups in total. The Hall–Kier alpha value is -2.31. The lowest BCUT2D eigenvalue weighted by Crippen LogP contribution is -2.50. The molecule has 6 heteroatoms. The van der Waals surface area contributed by atoms with Gasteiger partial charge in [0.05, 0.1) is 12.3 Å². The van der Waals surface area contributed by atoms with E-state index in [4.69, 9.17) is 0 Å². The summed E-state index contributed by atoms with van der Waals surface area (Å²) in [5.41, 5.74) is 4.34. The minimum absolute atomic E-state index is 0.00594. The molecule has 1 heterocycles. The highest BCUT2D eigenvalue weighted by atomic mass is 32.2. The predicted molar refractivity (Wildman–Crippen MR) is 119 cm³/mol. The number of thioether (sulfide) groups is 1. The van der Waals surface area contributed by atoms with E-state index < -0.39 is 0 Å². The molecule has 5 nitrogen and oxygen atoms in total. The Morgan fingerprint density at radius 1 is 0.931 bits per heavy atom. The number of rotatable bonds is 6. The average molecular weight is 412 g/mol. The van der Waals surface area contributed by atoms with Crippen LogP contribution in [-0.2, 0) is 9.59 Å². The molecule has 2 amide bonds. The first kappa shape index (κ1) is 21.4. The zero-order valence-corrected chi connectivity index (χ0v) is 18.2. The Labute approximate surface area is 177 Å². The number of aryl methyl sites for hydroxylation is 2. The molecule has 0 unspecified atom stereocenters. The maximum Gasteiger partial charge on any atom is 0.238 e. The van der Waals surface area contributed by atoms with Gasteiger partial charge in [0.15, 0.2) is 0 Å². The van der Waals surface area contributed by atoms with Gasteiger partial charge in [-0.2, -0.15) is 0 Å². The van der Waals surface area contributed by atoms with Crippen molar-refractivity contribution in [3.63, 3.8) is 0 Å². The van der Waals surface area contributed by atoms with Gasteiger partial charge in [0.2, 0.25) is 11.8 Å². The van der Waals surface area contributed by atoms with Gasteiger partial charge < -0.3 is 10.2 Å². The van der Waals surface area contributed by atoms with E-state index in [0.29, 0.717) is 25.4 Å². The van der Waals surface area contributed by atoms with E-state index in [2.05, 4.69) is 29.3 Å². The van der Waals surface area contributed by atoms with Gasteiger partial charge in [-0.1, -0.05) is 30.3 Å². The van der Waals surface area contributed by atoms with E-state index >= 15 is 0 Å². The Kier molecular flexibility index (Phi) is 7.34. The third-order valence-electron chi connectivity index (χ3n) is 5.42. The van der Waals surface area contributed by atoms with Crippen molar-refractivity contribution in [2.24, 2.45) is 0 Å². The molecule has 0 aromatic heterocycles. The van der Waals surface area contributed by atoms with E-state index in [0.717, 1.165) is 29.2 Å². The van der Waals surface area contributed by atoms with Crippen molar-refractivity contribution in [1.82, 2.24) is 9.80 Å². The van der Waals surface area contributed by atoms with E-state index in [9.17, 15) is 9.59 Å². The number of piperazine rings is 1.